The van der Waals surface area contributed by atoms with Gasteiger partial charge in [0.15, 0.2) is 0 Å². The third-order valence-electron chi connectivity index (χ3n) is 2.16. The highest BCUT2D eigenvalue weighted by molar-refractivity contribution is 7.17. The van der Waals surface area contributed by atoms with Crippen molar-refractivity contribution in [3.8, 4) is 0 Å². The summed E-state index contributed by atoms with van der Waals surface area (Å²) in [5.74, 6) is -0.356. The van der Waals surface area contributed by atoms with Crippen molar-refractivity contribution in [3.63, 3.8) is 0 Å². The summed E-state index contributed by atoms with van der Waals surface area (Å²) >= 11 is 1.53. The Hall–Kier alpha value is -1.55. The van der Waals surface area contributed by atoms with Crippen molar-refractivity contribution in [1.82, 2.24) is 0 Å². The molecule has 0 radical (unpaired) electrons. The van der Waals surface area contributed by atoms with Gasteiger partial charge in [0.25, 0.3) is 0 Å². The van der Waals surface area contributed by atoms with Crippen LogP contribution in [0.2, 0.25) is 0 Å². The number of anilines is 1. The minimum Gasteiger partial charge on any atom is -0.462 e. The molecule has 1 aromatic carbocycles. The Morgan fingerprint density at radius 2 is 2.27 bits per heavy atom. The van der Waals surface area contributed by atoms with Gasteiger partial charge in [-0.05, 0) is 29.8 Å². The van der Waals surface area contributed by atoms with Gasteiger partial charge in [-0.2, -0.15) is 0 Å². The van der Waals surface area contributed by atoms with Crippen LogP contribution in [-0.2, 0) is 4.74 Å². The molecule has 2 rings (SSSR count). The molecule has 1 aromatic heterocycles. The highest BCUT2D eigenvalue weighted by atomic mass is 32.1. The number of fused-ring (bicyclic) bond motifs is 1. The lowest BCUT2D eigenvalue weighted by molar-refractivity contribution is 0.0528. The summed E-state index contributed by atoms with van der Waals surface area (Å²) in [7, 11) is 0. The number of esters is 1. The van der Waals surface area contributed by atoms with Crippen LogP contribution in [-0.4, -0.2) is 12.6 Å². The average molecular weight is 221 g/mol. The molecular formula is C11H11NO2S. The minimum atomic E-state index is -0.356. The molecule has 0 saturated carbocycles. The van der Waals surface area contributed by atoms with E-state index in [1.54, 1.807) is 13.0 Å². The van der Waals surface area contributed by atoms with E-state index in [-0.39, 0.29) is 5.97 Å². The Morgan fingerprint density at radius 3 is 3.00 bits per heavy atom. The number of benzene rings is 1. The number of carbonyl (C=O) groups excluding carboxylic acids is 1. The molecular weight excluding hydrogens is 210 g/mol. The Bertz CT molecular complexity index is 504. The van der Waals surface area contributed by atoms with Crippen LogP contribution in [0.25, 0.3) is 10.1 Å². The molecule has 78 valence electrons. The Morgan fingerprint density at radius 1 is 1.47 bits per heavy atom. The molecule has 4 heteroatoms. The topological polar surface area (TPSA) is 52.3 Å². The van der Waals surface area contributed by atoms with Crippen molar-refractivity contribution in [2.45, 2.75) is 6.92 Å². The molecule has 0 aliphatic carbocycles. The van der Waals surface area contributed by atoms with Crippen molar-refractivity contribution in [2.24, 2.45) is 0 Å². The Kier molecular flexibility index (Phi) is 2.60. The van der Waals surface area contributed by atoms with Gasteiger partial charge < -0.3 is 10.5 Å². The Labute approximate surface area is 91.5 Å². The van der Waals surface area contributed by atoms with Gasteiger partial charge in [-0.25, -0.2) is 4.79 Å². The van der Waals surface area contributed by atoms with Crippen LogP contribution in [0.5, 0.6) is 0 Å². The lowest BCUT2D eigenvalue weighted by Crippen LogP contribution is -2.07. The molecule has 0 unspecified atom stereocenters. The number of ether oxygens (including phenoxy) is 1. The predicted octanol–water partition coefficient (Wildman–Crippen LogP) is 2.66. The van der Waals surface area contributed by atoms with Gasteiger partial charge in [0.05, 0.1) is 22.6 Å². The molecule has 0 fully saturated rings. The van der Waals surface area contributed by atoms with Crippen LogP contribution in [0.3, 0.4) is 0 Å². The zero-order valence-electron chi connectivity index (χ0n) is 8.32. The number of nitrogen functional groups attached to an aromatic ring is 1. The zero-order chi connectivity index (χ0) is 10.8. The smallest absolute Gasteiger partial charge is 0.340 e. The molecule has 0 atom stereocenters. The summed E-state index contributed by atoms with van der Waals surface area (Å²) in [6.45, 7) is 2.14. The van der Waals surface area contributed by atoms with Crippen molar-refractivity contribution < 1.29 is 9.53 Å². The average Bonchev–Trinajstić information content (AvgIpc) is 2.67. The van der Waals surface area contributed by atoms with Gasteiger partial charge in [0.2, 0.25) is 0 Å². The third-order valence-corrected chi connectivity index (χ3v) is 3.12. The summed E-state index contributed by atoms with van der Waals surface area (Å²) in [4.78, 5) is 11.5. The monoisotopic (exact) mass is 221 g/mol. The molecule has 0 amide bonds. The van der Waals surface area contributed by atoms with Crippen LogP contribution < -0.4 is 5.73 Å². The van der Waals surface area contributed by atoms with Gasteiger partial charge in [-0.1, -0.05) is 6.07 Å². The largest absolute Gasteiger partial charge is 0.462 e. The van der Waals surface area contributed by atoms with E-state index in [0.717, 1.165) is 10.1 Å². The molecule has 1 heterocycles. The van der Waals surface area contributed by atoms with E-state index >= 15 is 0 Å². The van der Waals surface area contributed by atoms with Crippen LogP contribution in [0.1, 0.15) is 17.3 Å². The highest BCUT2D eigenvalue weighted by Crippen LogP contribution is 2.29. The number of hydrogen-bond donors (Lipinski definition) is 1. The van der Waals surface area contributed by atoms with E-state index in [4.69, 9.17) is 10.5 Å². The Balaban J connectivity index is 2.52. The van der Waals surface area contributed by atoms with Crippen LogP contribution in [0, 0.1) is 0 Å². The third kappa shape index (κ3) is 1.68. The predicted molar refractivity (Wildman–Crippen MR) is 62.2 cm³/mol. The molecule has 0 aliphatic heterocycles. The summed E-state index contributed by atoms with van der Waals surface area (Å²) in [6, 6.07) is 5.57. The van der Waals surface area contributed by atoms with E-state index in [9.17, 15) is 4.79 Å². The molecule has 3 nitrogen and oxygen atoms in total. The first kappa shape index (κ1) is 9.98. The second-order valence-corrected chi connectivity index (χ2v) is 4.00. The lowest BCUT2D eigenvalue weighted by atomic mass is 10.1. The quantitative estimate of drug-likeness (QED) is 0.626. The summed E-state index contributed by atoms with van der Waals surface area (Å²) in [5.41, 5.74) is 6.87. The zero-order valence-corrected chi connectivity index (χ0v) is 9.14. The van der Waals surface area contributed by atoms with E-state index in [1.165, 1.54) is 11.3 Å². The molecule has 0 aliphatic rings. The van der Waals surface area contributed by atoms with E-state index in [0.29, 0.717) is 17.9 Å². The SMILES string of the molecule is CCOC(=O)c1ccc2ccsc2c1N. The minimum absolute atomic E-state index is 0.356. The maximum Gasteiger partial charge on any atom is 0.340 e. The molecule has 2 aromatic rings. The number of rotatable bonds is 2. The van der Waals surface area contributed by atoms with E-state index in [2.05, 4.69) is 0 Å². The summed E-state index contributed by atoms with van der Waals surface area (Å²) < 4.78 is 5.86. The second-order valence-electron chi connectivity index (χ2n) is 3.09. The normalized spacial score (nSPS) is 10.5. The van der Waals surface area contributed by atoms with Gasteiger partial charge in [-0.3, -0.25) is 0 Å². The molecule has 0 saturated heterocycles. The van der Waals surface area contributed by atoms with Gasteiger partial charge in [-0.15, -0.1) is 11.3 Å². The van der Waals surface area contributed by atoms with E-state index < -0.39 is 0 Å². The first-order chi connectivity index (χ1) is 7.24. The van der Waals surface area contributed by atoms with Gasteiger partial charge in [0.1, 0.15) is 0 Å². The van der Waals surface area contributed by atoms with E-state index in [1.807, 2.05) is 17.5 Å². The fraction of sp³-hybridized carbons (Fsp3) is 0.182. The fourth-order valence-corrected chi connectivity index (χ4v) is 2.30. The maximum absolute atomic E-state index is 11.5. The maximum atomic E-state index is 11.5. The molecule has 2 N–H and O–H groups in total. The first-order valence-electron chi connectivity index (χ1n) is 4.67. The highest BCUT2D eigenvalue weighted by Gasteiger charge is 2.13. The van der Waals surface area contributed by atoms with Crippen molar-refractivity contribution >= 4 is 33.1 Å². The standard InChI is InChI=1S/C11H11NO2S/c1-2-14-11(13)8-4-3-7-5-6-15-10(7)9(8)12/h3-6H,2,12H2,1H3. The summed E-state index contributed by atoms with van der Waals surface area (Å²) in [5, 5.41) is 3.02. The number of carbonyl (C=O) groups is 1. The van der Waals surface area contributed by atoms with Gasteiger partial charge in [0, 0.05) is 0 Å². The number of hydrogen-bond acceptors (Lipinski definition) is 4. The summed E-state index contributed by atoms with van der Waals surface area (Å²) in [6.07, 6.45) is 0. The van der Waals surface area contributed by atoms with Crippen molar-refractivity contribution in [3.05, 3.63) is 29.1 Å². The fourth-order valence-electron chi connectivity index (χ4n) is 1.44. The molecule has 15 heavy (non-hydrogen) atoms. The first-order valence-corrected chi connectivity index (χ1v) is 5.54. The van der Waals surface area contributed by atoms with Crippen molar-refractivity contribution in [2.75, 3.05) is 12.3 Å². The van der Waals surface area contributed by atoms with Crippen LogP contribution in [0.4, 0.5) is 5.69 Å². The van der Waals surface area contributed by atoms with Crippen LogP contribution >= 0.6 is 11.3 Å². The van der Waals surface area contributed by atoms with Gasteiger partial charge >= 0.3 is 5.97 Å². The number of thiophene rings is 1. The lowest BCUT2D eigenvalue weighted by Gasteiger charge is -2.05. The van der Waals surface area contributed by atoms with Crippen molar-refractivity contribution in [1.29, 1.82) is 0 Å². The molecule has 0 spiro atoms. The second kappa shape index (κ2) is 3.90. The van der Waals surface area contributed by atoms with Crippen LogP contribution in [0.15, 0.2) is 23.6 Å². The molecule has 0 bridgehead atoms. The number of nitrogens with two attached hydrogens (primary N) is 1.